The van der Waals surface area contributed by atoms with Crippen LogP contribution in [0.3, 0.4) is 0 Å². The van der Waals surface area contributed by atoms with Gasteiger partial charge in [0.05, 0.1) is 11.5 Å². The number of hydrogen-bond acceptors (Lipinski definition) is 3. The number of amides is 1. The molecule has 0 aliphatic heterocycles. The fourth-order valence-electron chi connectivity index (χ4n) is 2.44. The maximum absolute atomic E-state index is 12.3. The van der Waals surface area contributed by atoms with Gasteiger partial charge in [-0.25, -0.2) is 0 Å². The lowest BCUT2D eigenvalue weighted by Crippen LogP contribution is -2.32. The van der Waals surface area contributed by atoms with Gasteiger partial charge in [-0.1, -0.05) is 26.3 Å². The van der Waals surface area contributed by atoms with Crippen LogP contribution < -0.4 is 5.32 Å². The van der Waals surface area contributed by atoms with E-state index in [2.05, 4.69) is 5.32 Å². The molecule has 1 heterocycles. The Labute approximate surface area is 129 Å². The molecule has 0 saturated carbocycles. The molecule has 118 valence electrons. The van der Waals surface area contributed by atoms with Crippen LogP contribution in [0, 0.1) is 5.92 Å². The minimum atomic E-state index is -0.882. The molecule has 1 aromatic heterocycles. The van der Waals surface area contributed by atoms with Crippen molar-refractivity contribution < 1.29 is 19.1 Å². The highest BCUT2D eigenvalue weighted by Gasteiger charge is 2.19. The van der Waals surface area contributed by atoms with Crippen molar-refractivity contribution in [3.8, 4) is 0 Å². The van der Waals surface area contributed by atoms with Gasteiger partial charge in [-0.2, -0.15) is 0 Å². The number of carboxylic acids is 1. The Balaban J connectivity index is 2.14. The lowest BCUT2D eigenvalue weighted by Gasteiger charge is -2.11. The smallest absolute Gasteiger partial charge is 0.308 e. The Kier molecular flexibility index (Phi) is 5.20. The SMILES string of the molecule is CCCC(CNC(=O)c1coc2ccc(CC)cc12)C(=O)O. The molecular weight excluding hydrogens is 282 g/mol. The monoisotopic (exact) mass is 303 g/mol. The number of benzene rings is 1. The molecule has 0 bridgehead atoms. The van der Waals surface area contributed by atoms with Gasteiger partial charge < -0.3 is 14.8 Å². The zero-order valence-corrected chi connectivity index (χ0v) is 12.9. The molecule has 22 heavy (non-hydrogen) atoms. The predicted molar refractivity (Wildman–Crippen MR) is 84.0 cm³/mol. The highest BCUT2D eigenvalue weighted by Crippen LogP contribution is 2.23. The maximum atomic E-state index is 12.3. The summed E-state index contributed by atoms with van der Waals surface area (Å²) in [6, 6.07) is 5.76. The van der Waals surface area contributed by atoms with Gasteiger partial charge in [0.15, 0.2) is 0 Å². The molecule has 2 rings (SSSR count). The van der Waals surface area contributed by atoms with Crippen molar-refractivity contribution in [2.24, 2.45) is 5.92 Å². The average Bonchev–Trinajstić information content (AvgIpc) is 2.93. The lowest BCUT2D eigenvalue weighted by molar-refractivity contribution is -0.141. The van der Waals surface area contributed by atoms with Crippen LogP contribution in [0.4, 0.5) is 0 Å². The van der Waals surface area contributed by atoms with Gasteiger partial charge in [-0.05, 0) is 30.5 Å². The Morgan fingerprint density at radius 3 is 2.73 bits per heavy atom. The van der Waals surface area contributed by atoms with Crippen LogP contribution in [0.25, 0.3) is 11.0 Å². The summed E-state index contributed by atoms with van der Waals surface area (Å²) in [5.41, 5.74) is 2.23. The van der Waals surface area contributed by atoms with E-state index in [-0.39, 0.29) is 12.5 Å². The number of aryl methyl sites for hydroxylation is 1. The summed E-state index contributed by atoms with van der Waals surface area (Å²) in [6.45, 7) is 4.10. The molecule has 1 aromatic carbocycles. The summed E-state index contributed by atoms with van der Waals surface area (Å²) < 4.78 is 5.39. The Morgan fingerprint density at radius 1 is 1.32 bits per heavy atom. The second kappa shape index (κ2) is 7.11. The van der Waals surface area contributed by atoms with Gasteiger partial charge >= 0.3 is 5.97 Å². The van der Waals surface area contributed by atoms with Crippen LogP contribution in [-0.2, 0) is 11.2 Å². The van der Waals surface area contributed by atoms with E-state index in [9.17, 15) is 9.59 Å². The van der Waals surface area contributed by atoms with E-state index in [0.717, 1.165) is 23.8 Å². The summed E-state index contributed by atoms with van der Waals surface area (Å²) in [6.07, 6.45) is 3.61. The summed E-state index contributed by atoms with van der Waals surface area (Å²) in [5, 5.41) is 12.6. The number of aliphatic carboxylic acids is 1. The first-order chi connectivity index (χ1) is 10.6. The Hall–Kier alpha value is -2.30. The molecule has 0 saturated heterocycles. The van der Waals surface area contributed by atoms with Crippen LogP contribution in [0.1, 0.15) is 42.6 Å². The molecule has 2 aromatic rings. The third kappa shape index (κ3) is 3.47. The van der Waals surface area contributed by atoms with Gasteiger partial charge in [0.25, 0.3) is 5.91 Å². The first kappa shape index (κ1) is 16.1. The Bertz CT molecular complexity index is 674. The second-order valence-electron chi connectivity index (χ2n) is 5.37. The Morgan fingerprint density at radius 2 is 2.09 bits per heavy atom. The predicted octanol–water partition coefficient (Wildman–Crippen LogP) is 3.23. The molecule has 1 unspecified atom stereocenters. The zero-order chi connectivity index (χ0) is 16.1. The largest absolute Gasteiger partial charge is 0.481 e. The molecule has 1 amide bonds. The van der Waals surface area contributed by atoms with Crippen molar-refractivity contribution >= 4 is 22.8 Å². The van der Waals surface area contributed by atoms with E-state index in [1.54, 1.807) is 0 Å². The van der Waals surface area contributed by atoms with Gasteiger partial charge in [0.2, 0.25) is 0 Å². The second-order valence-corrected chi connectivity index (χ2v) is 5.37. The van der Waals surface area contributed by atoms with E-state index in [0.29, 0.717) is 17.6 Å². The minimum Gasteiger partial charge on any atom is -0.481 e. The number of carboxylic acid groups (broad SMARTS) is 1. The number of nitrogens with one attached hydrogen (secondary N) is 1. The normalized spacial score (nSPS) is 12.3. The fraction of sp³-hybridized carbons (Fsp3) is 0.412. The zero-order valence-electron chi connectivity index (χ0n) is 12.9. The van der Waals surface area contributed by atoms with Crippen molar-refractivity contribution in [1.29, 1.82) is 0 Å². The van der Waals surface area contributed by atoms with Gasteiger partial charge in [0.1, 0.15) is 11.8 Å². The first-order valence-electron chi connectivity index (χ1n) is 7.57. The highest BCUT2D eigenvalue weighted by atomic mass is 16.4. The van der Waals surface area contributed by atoms with Crippen LogP contribution in [0.15, 0.2) is 28.9 Å². The molecule has 0 aliphatic rings. The lowest BCUT2D eigenvalue weighted by atomic mass is 10.0. The molecule has 5 heteroatoms. The molecular formula is C17H21NO4. The highest BCUT2D eigenvalue weighted by molar-refractivity contribution is 6.06. The summed E-state index contributed by atoms with van der Waals surface area (Å²) in [7, 11) is 0. The van der Waals surface area contributed by atoms with Gasteiger partial charge in [0, 0.05) is 11.9 Å². The summed E-state index contributed by atoms with van der Waals surface area (Å²) in [4.78, 5) is 23.4. The van der Waals surface area contributed by atoms with Crippen LogP contribution in [0.5, 0.6) is 0 Å². The van der Waals surface area contributed by atoms with Crippen molar-refractivity contribution in [2.45, 2.75) is 33.1 Å². The van der Waals surface area contributed by atoms with Crippen LogP contribution in [0.2, 0.25) is 0 Å². The number of rotatable bonds is 7. The standard InChI is InChI=1S/C17H21NO4/c1-3-5-12(17(20)21)9-18-16(19)14-10-22-15-7-6-11(4-2)8-13(14)15/h6-8,10,12H,3-5,9H2,1-2H3,(H,18,19)(H,20,21). The summed E-state index contributed by atoms with van der Waals surface area (Å²) in [5.74, 6) is -1.74. The van der Waals surface area contributed by atoms with E-state index in [1.165, 1.54) is 6.26 Å². The van der Waals surface area contributed by atoms with E-state index in [4.69, 9.17) is 9.52 Å². The fourth-order valence-corrected chi connectivity index (χ4v) is 2.44. The number of carbonyl (C=O) groups excluding carboxylic acids is 1. The number of furan rings is 1. The molecule has 1 atom stereocenters. The van der Waals surface area contributed by atoms with Crippen molar-refractivity contribution in [1.82, 2.24) is 5.32 Å². The third-order valence-corrected chi connectivity index (χ3v) is 3.79. The van der Waals surface area contributed by atoms with E-state index >= 15 is 0 Å². The molecule has 0 spiro atoms. The molecule has 5 nitrogen and oxygen atoms in total. The average molecular weight is 303 g/mol. The number of hydrogen-bond donors (Lipinski definition) is 2. The quantitative estimate of drug-likeness (QED) is 0.823. The third-order valence-electron chi connectivity index (χ3n) is 3.79. The van der Waals surface area contributed by atoms with Crippen molar-refractivity contribution in [3.63, 3.8) is 0 Å². The van der Waals surface area contributed by atoms with Gasteiger partial charge in [-0.3, -0.25) is 9.59 Å². The van der Waals surface area contributed by atoms with Crippen molar-refractivity contribution in [3.05, 3.63) is 35.6 Å². The van der Waals surface area contributed by atoms with Crippen molar-refractivity contribution in [2.75, 3.05) is 6.54 Å². The maximum Gasteiger partial charge on any atom is 0.308 e. The number of carbonyl (C=O) groups is 2. The van der Waals surface area contributed by atoms with E-state index < -0.39 is 11.9 Å². The number of fused-ring (bicyclic) bond motifs is 1. The molecule has 0 fully saturated rings. The first-order valence-corrected chi connectivity index (χ1v) is 7.57. The topological polar surface area (TPSA) is 79.5 Å². The minimum absolute atomic E-state index is 0.127. The van der Waals surface area contributed by atoms with Gasteiger partial charge in [-0.15, -0.1) is 0 Å². The summed E-state index contributed by atoms with van der Waals surface area (Å²) >= 11 is 0. The molecule has 0 aliphatic carbocycles. The van der Waals surface area contributed by atoms with Crippen LogP contribution >= 0.6 is 0 Å². The van der Waals surface area contributed by atoms with Crippen LogP contribution in [-0.4, -0.2) is 23.5 Å². The van der Waals surface area contributed by atoms with E-state index in [1.807, 2.05) is 32.0 Å². The molecule has 0 radical (unpaired) electrons. The molecule has 2 N–H and O–H groups in total.